The van der Waals surface area contributed by atoms with E-state index in [2.05, 4.69) is 0 Å². The molecule has 9 nitrogen and oxygen atoms in total. The van der Waals surface area contributed by atoms with Crippen LogP contribution in [0.5, 0.6) is 0 Å². The molecule has 0 bridgehead atoms. The van der Waals surface area contributed by atoms with Crippen molar-refractivity contribution in [3.63, 3.8) is 0 Å². The van der Waals surface area contributed by atoms with Gasteiger partial charge in [0.25, 0.3) is 0 Å². The first-order chi connectivity index (χ1) is 7.91. The van der Waals surface area contributed by atoms with E-state index in [0.717, 1.165) is 26.4 Å². The molecule has 2 heterocycles. The second-order valence-corrected chi connectivity index (χ2v) is 3.01. The number of ether oxygens (including phenoxy) is 3. The summed E-state index contributed by atoms with van der Waals surface area (Å²) in [6.07, 6.45) is -2.88. The van der Waals surface area contributed by atoms with Gasteiger partial charge in [0, 0.05) is 0 Å². The summed E-state index contributed by atoms with van der Waals surface area (Å²) in [5.41, 5.74) is 0. The van der Waals surface area contributed by atoms with Crippen LogP contribution in [0.15, 0.2) is 0 Å². The van der Waals surface area contributed by atoms with Crippen LogP contribution in [0.1, 0.15) is 0 Å². The van der Waals surface area contributed by atoms with Crippen LogP contribution in [-0.4, -0.2) is 71.4 Å². The van der Waals surface area contributed by atoms with Gasteiger partial charge in [0.15, 0.2) is 0 Å². The minimum atomic E-state index is -1.83. The Morgan fingerprint density at radius 1 is 0.941 bits per heavy atom. The average Bonchev–Trinajstić information content (AvgIpc) is 2.95. The smallest absolute Gasteiger partial charge is 0.450 e. The first kappa shape index (κ1) is 15.4. The molecule has 2 unspecified atom stereocenters. The van der Waals surface area contributed by atoms with Gasteiger partial charge in [0.1, 0.15) is 12.2 Å². The zero-order valence-corrected chi connectivity index (χ0v) is 8.81. The molecule has 0 spiro atoms. The molecule has 0 saturated carbocycles. The van der Waals surface area contributed by atoms with Crippen LogP contribution in [0.4, 0.5) is 9.59 Å². The Balaban J connectivity index is 0.000000274. The summed E-state index contributed by atoms with van der Waals surface area (Å²) in [6.45, 7) is 3.26. The summed E-state index contributed by atoms with van der Waals surface area (Å²) in [5.74, 6) is 0. The van der Waals surface area contributed by atoms with Gasteiger partial charge in [-0.25, -0.2) is 9.59 Å². The van der Waals surface area contributed by atoms with E-state index in [0.29, 0.717) is 12.2 Å². The largest absolute Gasteiger partial charge is 0.503 e. The monoisotopic (exact) mass is 254 g/mol. The van der Waals surface area contributed by atoms with E-state index in [4.69, 9.17) is 44.2 Å². The van der Waals surface area contributed by atoms with Crippen molar-refractivity contribution in [1.82, 2.24) is 0 Å². The highest BCUT2D eigenvalue weighted by Gasteiger charge is 2.26. The van der Waals surface area contributed by atoms with Gasteiger partial charge in [-0.15, -0.1) is 0 Å². The van der Waals surface area contributed by atoms with Crippen LogP contribution < -0.4 is 0 Å². The lowest BCUT2D eigenvalue weighted by atomic mass is 10.5. The van der Waals surface area contributed by atoms with Crippen molar-refractivity contribution >= 4 is 12.3 Å². The average molecular weight is 254 g/mol. The lowest BCUT2D eigenvalue weighted by Crippen LogP contribution is -2.06. The molecule has 0 aromatic heterocycles. The first-order valence-corrected chi connectivity index (χ1v) is 4.56. The fourth-order valence-corrected chi connectivity index (χ4v) is 0.659. The third kappa shape index (κ3) is 20.5. The Morgan fingerprint density at radius 2 is 1.18 bits per heavy atom. The van der Waals surface area contributed by atoms with Crippen LogP contribution in [0.25, 0.3) is 0 Å². The number of carbonyl (C=O) groups is 2. The summed E-state index contributed by atoms with van der Waals surface area (Å²) in [4.78, 5) is 17.1. The lowest BCUT2D eigenvalue weighted by molar-refractivity contribution is 0.102. The van der Waals surface area contributed by atoms with Crippen LogP contribution in [0.2, 0.25) is 0 Å². The van der Waals surface area contributed by atoms with Gasteiger partial charge >= 0.3 is 12.3 Å². The van der Waals surface area contributed by atoms with Crippen LogP contribution in [0.3, 0.4) is 0 Å². The molecule has 0 amide bonds. The Morgan fingerprint density at radius 3 is 1.35 bits per heavy atom. The molecule has 2 rings (SSSR count). The van der Waals surface area contributed by atoms with Crippen molar-refractivity contribution in [2.75, 3.05) is 26.4 Å². The fraction of sp³-hybridized carbons (Fsp3) is 0.750. The van der Waals surface area contributed by atoms with Crippen LogP contribution >= 0.6 is 0 Å². The molecule has 0 radical (unpaired) electrons. The van der Waals surface area contributed by atoms with Gasteiger partial charge in [-0.1, -0.05) is 0 Å². The number of hydrogen-bond donors (Lipinski definition) is 4. The van der Waals surface area contributed by atoms with E-state index >= 15 is 0 Å². The molecule has 0 aromatic carbocycles. The Hall–Kier alpha value is -1.58. The van der Waals surface area contributed by atoms with E-state index in [-0.39, 0.29) is 0 Å². The zero-order valence-electron chi connectivity index (χ0n) is 8.81. The van der Waals surface area contributed by atoms with E-state index in [1.807, 2.05) is 0 Å². The molecule has 100 valence electrons. The van der Waals surface area contributed by atoms with E-state index in [9.17, 15) is 0 Å². The minimum Gasteiger partial charge on any atom is -0.450 e. The molecule has 2 fully saturated rings. The van der Waals surface area contributed by atoms with Gasteiger partial charge < -0.3 is 34.6 Å². The predicted octanol–water partition coefficient (Wildman–Crippen LogP) is 0.245. The van der Waals surface area contributed by atoms with Crippen LogP contribution in [0, 0.1) is 0 Å². The van der Waals surface area contributed by atoms with Crippen molar-refractivity contribution in [3.8, 4) is 0 Å². The summed E-state index contributed by atoms with van der Waals surface area (Å²) in [7, 11) is 0. The van der Waals surface area contributed by atoms with Gasteiger partial charge in [0.2, 0.25) is 0 Å². The maximum atomic E-state index is 8.56. The fourth-order valence-electron chi connectivity index (χ4n) is 0.659. The molecule has 0 aromatic rings. The second kappa shape index (κ2) is 8.56. The maximum absolute atomic E-state index is 8.56. The number of hydrogen-bond acceptors (Lipinski definition) is 5. The van der Waals surface area contributed by atoms with Crippen molar-refractivity contribution < 1.29 is 44.2 Å². The van der Waals surface area contributed by atoms with Crippen molar-refractivity contribution in [2.45, 2.75) is 12.2 Å². The highest BCUT2D eigenvalue weighted by Crippen LogP contribution is 2.12. The topological polar surface area (TPSA) is 149 Å². The van der Waals surface area contributed by atoms with E-state index < -0.39 is 12.3 Å². The summed E-state index contributed by atoms with van der Waals surface area (Å²) < 4.78 is 15.1. The normalized spacial score (nSPS) is 23.3. The molecule has 2 aliphatic rings. The zero-order chi connectivity index (χ0) is 13.3. The molecular weight excluding hydrogens is 240 g/mol. The molecule has 2 atom stereocenters. The minimum absolute atomic E-state index is 0.392. The molecule has 2 aliphatic heterocycles. The molecular formula is C8H14O9. The molecule has 17 heavy (non-hydrogen) atoms. The van der Waals surface area contributed by atoms with Gasteiger partial charge in [-0.2, -0.15) is 0 Å². The Labute approximate surface area is 96.1 Å². The predicted molar refractivity (Wildman–Crippen MR) is 51.6 cm³/mol. The molecule has 9 heteroatoms. The van der Waals surface area contributed by atoms with Crippen molar-refractivity contribution in [3.05, 3.63) is 0 Å². The molecule has 4 N–H and O–H groups in total. The Kier molecular flexibility index (Phi) is 7.76. The Bertz CT molecular complexity index is 201. The highest BCUT2D eigenvalue weighted by molar-refractivity contribution is 5.53. The summed E-state index contributed by atoms with van der Waals surface area (Å²) in [5, 5.41) is 27.9. The summed E-state index contributed by atoms with van der Waals surface area (Å²) >= 11 is 0. The molecule has 2 saturated heterocycles. The maximum Gasteiger partial charge on any atom is 0.503 e. The van der Waals surface area contributed by atoms with Crippen molar-refractivity contribution in [1.29, 1.82) is 0 Å². The standard InChI is InChI=1S/C6H10O3.2CH2O3/c1(5-3-8-5)7-2-6-4-9-6;2*2-1(3)4/h5-6H,1-4H2;2*(H2,2,3,4). The van der Waals surface area contributed by atoms with E-state index in [1.165, 1.54) is 0 Å². The quantitative estimate of drug-likeness (QED) is 0.517. The van der Waals surface area contributed by atoms with Crippen molar-refractivity contribution in [2.24, 2.45) is 0 Å². The number of carboxylic acid groups (broad SMARTS) is 4. The number of epoxide rings is 2. The van der Waals surface area contributed by atoms with Gasteiger partial charge in [-0.3, -0.25) is 0 Å². The first-order valence-electron chi connectivity index (χ1n) is 4.56. The third-order valence-electron chi connectivity index (χ3n) is 1.41. The number of rotatable bonds is 4. The van der Waals surface area contributed by atoms with Gasteiger partial charge in [-0.05, 0) is 0 Å². The van der Waals surface area contributed by atoms with Gasteiger partial charge in [0.05, 0.1) is 26.4 Å². The molecule has 0 aliphatic carbocycles. The third-order valence-corrected chi connectivity index (χ3v) is 1.41. The lowest BCUT2D eigenvalue weighted by Gasteiger charge is -1.95. The van der Waals surface area contributed by atoms with Crippen LogP contribution in [-0.2, 0) is 14.2 Å². The second-order valence-electron chi connectivity index (χ2n) is 3.01. The highest BCUT2D eigenvalue weighted by atomic mass is 16.6. The van der Waals surface area contributed by atoms with E-state index in [1.54, 1.807) is 0 Å². The summed E-state index contributed by atoms with van der Waals surface area (Å²) in [6, 6.07) is 0. The SMILES string of the molecule is C(OCC1CO1)C1CO1.O=C(O)O.O=C(O)O.